The first-order valence-corrected chi connectivity index (χ1v) is 10.2. The van der Waals surface area contributed by atoms with Crippen molar-refractivity contribution in [1.82, 2.24) is 5.32 Å². The highest BCUT2D eigenvalue weighted by Gasteiger charge is 2.22. The lowest BCUT2D eigenvalue weighted by molar-refractivity contribution is -0.142. The average molecular weight is 439 g/mol. The molecule has 30 heavy (non-hydrogen) atoms. The van der Waals surface area contributed by atoms with Gasteiger partial charge in [0.1, 0.15) is 6.04 Å². The Kier molecular flexibility index (Phi) is 20.0. The zero-order valence-corrected chi connectivity index (χ0v) is 18.1. The fraction of sp³-hybridized carbons (Fsp3) is 0.895. The molecule has 11 heteroatoms. The molecule has 1 aliphatic rings. The number of carboxylic acids is 1. The number of ether oxygens (including phenoxy) is 6. The molecule has 0 bridgehead atoms. The number of carbonyl (C=O) groups is 2. The molecule has 11 nitrogen and oxygen atoms in total. The Morgan fingerprint density at radius 2 is 1.00 bits per heavy atom. The number of carboxylic acid groups (broad SMARTS) is 1. The topological polar surface area (TPSA) is 148 Å². The van der Waals surface area contributed by atoms with Crippen LogP contribution in [-0.4, -0.2) is 109 Å². The van der Waals surface area contributed by atoms with E-state index in [1.807, 2.05) is 0 Å². The lowest BCUT2D eigenvalue weighted by Gasteiger charge is -2.16. The molecule has 0 saturated carbocycles. The molecular formula is C19H38N2O9. The van der Waals surface area contributed by atoms with Gasteiger partial charge in [-0.3, -0.25) is 4.79 Å². The van der Waals surface area contributed by atoms with E-state index in [1.165, 1.54) is 0 Å². The number of aliphatic carboxylic acids is 1. The van der Waals surface area contributed by atoms with E-state index in [0.717, 1.165) is 0 Å². The van der Waals surface area contributed by atoms with Crippen LogP contribution >= 0.6 is 0 Å². The van der Waals surface area contributed by atoms with Crippen molar-refractivity contribution in [3.63, 3.8) is 0 Å². The largest absolute Gasteiger partial charge is 0.480 e. The summed E-state index contributed by atoms with van der Waals surface area (Å²) in [5.74, 6) is -1.62. The molecule has 1 aliphatic heterocycles. The molecule has 4 N–H and O–H groups in total. The molecule has 0 aromatic heterocycles. The molecular weight excluding hydrogens is 400 g/mol. The van der Waals surface area contributed by atoms with Gasteiger partial charge in [-0.05, 0) is 5.92 Å². The summed E-state index contributed by atoms with van der Waals surface area (Å²) in [6.45, 7) is 10.3. The summed E-state index contributed by atoms with van der Waals surface area (Å²) in [6.07, 6.45) is 0. The van der Waals surface area contributed by atoms with Crippen molar-refractivity contribution in [2.75, 3.05) is 85.8 Å². The van der Waals surface area contributed by atoms with Crippen LogP contribution in [0.3, 0.4) is 0 Å². The quantitative estimate of drug-likeness (QED) is 0.513. The SMILES string of the molecule is C1COCCOCCOCCOCCOCCO1.CC(C)[C@H](NC(=O)CN)C(=O)O. The molecule has 0 aromatic rings. The zero-order chi connectivity index (χ0) is 22.5. The molecule has 1 fully saturated rings. The second-order valence-corrected chi connectivity index (χ2v) is 6.51. The maximum atomic E-state index is 10.7. The minimum Gasteiger partial charge on any atom is -0.480 e. The van der Waals surface area contributed by atoms with Crippen LogP contribution in [0.4, 0.5) is 0 Å². The van der Waals surface area contributed by atoms with Gasteiger partial charge in [0.25, 0.3) is 0 Å². The van der Waals surface area contributed by atoms with E-state index in [9.17, 15) is 9.59 Å². The van der Waals surface area contributed by atoms with Gasteiger partial charge in [-0.2, -0.15) is 0 Å². The van der Waals surface area contributed by atoms with Crippen LogP contribution < -0.4 is 11.1 Å². The third-order valence-electron chi connectivity index (χ3n) is 3.67. The highest BCUT2D eigenvalue weighted by atomic mass is 16.6. The van der Waals surface area contributed by atoms with E-state index in [2.05, 4.69) is 5.32 Å². The number of hydrogen-bond donors (Lipinski definition) is 3. The Labute approximate surface area is 178 Å². The lowest BCUT2D eigenvalue weighted by Crippen LogP contribution is -2.46. The molecule has 0 unspecified atom stereocenters. The highest BCUT2D eigenvalue weighted by molar-refractivity contribution is 5.84. The predicted molar refractivity (Wildman–Crippen MR) is 108 cm³/mol. The predicted octanol–water partition coefficient (Wildman–Crippen LogP) is -0.730. The Hall–Kier alpha value is -1.34. The Balaban J connectivity index is 0.000000612. The Morgan fingerprint density at radius 3 is 1.17 bits per heavy atom. The molecule has 1 amide bonds. The van der Waals surface area contributed by atoms with E-state index in [0.29, 0.717) is 79.3 Å². The second-order valence-electron chi connectivity index (χ2n) is 6.51. The van der Waals surface area contributed by atoms with Crippen molar-refractivity contribution < 1.29 is 43.1 Å². The normalized spacial score (nSPS) is 19.5. The van der Waals surface area contributed by atoms with Gasteiger partial charge in [0.05, 0.1) is 85.8 Å². The fourth-order valence-electron chi connectivity index (χ4n) is 2.07. The molecule has 0 aromatic carbocycles. The van der Waals surface area contributed by atoms with Crippen LogP contribution in [0.25, 0.3) is 0 Å². The molecule has 1 atom stereocenters. The van der Waals surface area contributed by atoms with Gasteiger partial charge >= 0.3 is 5.97 Å². The van der Waals surface area contributed by atoms with E-state index < -0.39 is 17.9 Å². The number of carbonyl (C=O) groups excluding carboxylic acids is 1. The van der Waals surface area contributed by atoms with E-state index in [4.69, 9.17) is 39.3 Å². The van der Waals surface area contributed by atoms with E-state index in [1.54, 1.807) is 13.8 Å². The van der Waals surface area contributed by atoms with Gasteiger partial charge in [0.15, 0.2) is 0 Å². The fourth-order valence-corrected chi connectivity index (χ4v) is 2.07. The van der Waals surface area contributed by atoms with Gasteiger partial charge in [-0.15, -0.1) is 0 Å². The summed E-state index contributed by atoms with van der Waals surface area (Å²) in [5.41, 5.74) is 5.02. The van der Waals surface area contributed by atoms with Crippen LogP contribution in [0.2, 0.25) is 0 Å². The first kappa shape index (κ1) is 28.7. The molecule has 0 spiro atoms. The third kappa shape index (κ3) is 18.7. The number of amides is 1. The Bertz CT molecular complexity index is 350. The van der Waals surface area contributed by atoms with Crippen LogP contribution in [0.15, 0.2) is 0 Å². The first-order chi connectivity index (χ1) is 14.5. The molecule has 0 radical (unpaired) electrons. The Morgan fingerprint density at radius 1 is 0.733 bits per heavy atom. The number of nitrogens with two attached hydrogens (primary N) is 1. The number of hydrogen-bond acceptors (Lipinski definition) is 9. The summed E-state index contributed by atoms with van der Waals surface area (Å²) >= 11 is 0. The van der Waals surface area contributed by atoms with E-state index in [-0.39, 0.29) is 12.5 Å². The van der Waals surface area contributed by atoms with Gasteiger partial charge < -0.3 is 44.6 Å². The molecule has 0 aliphatic carbocycles. The maximum absolute atomic E-state index is 10.7. The molecule has 178 valence electrons. The average Bonchev–Trinajstić information content (AvgIpc) is 2.72. The minimum absolute atomic E-state index is 0.141. The summed E-state index contributed by atoms with van der Waals surface area (Å²) in [7, 11) is 0. The van der Waals surface area contributed by atoms with Crippen LogP contribution in [0, 0.1) is 5.92 Å². The molecule has 1 rings (SSSR count). The first-order valence-electron chi connectivity index (χ1n) is 10.2. The van der Waals surface area contributed by atoms with Crippen molar-refractivity contribution in [1.29, 1.82) is 0 Å². The number of nitrogens with one attached hydrogen (secondary N) is 1. The monoisotopic (exact) mass is 438 g/mol. The van der Waals surface area contributed by atoms with Gasteiger partial charge in [0, 0.05) is 0 Å². The van der Waals surface area contributed by atoms with Gasteiger partial charge in [-0.25, -0.2) is 4.79 Å². The zero-order valence-electron chi connectivity index (χ0n) is 18.1. The van der Waals surface area contributed by atoms with Crippen LogP contribution in [-0.2, 0) is 38.0 Å². The summed E-state index contributed by atoms with van der Waals surface area (Å²) in [6, 6.07) is -0.846. The summed E-state index contributed by atoms with van der Waals surface area (Å²) in [5, 5.41) is 10.9. The van der Waals surface area contributed by atoms with Crippen LogP contribution in [0.1, 0.15) is 13.8 Å². The van der Waals surface area contributed by atoms with Crippen molar-refractivity contribution >= 4 is 11.9 Å². The van der Waals surface area contributed by atoms with Crippen LogP contribution in [0.5, 0.6) is 0 Å². The van der Waals surface area contributed by atoms with Crippen molar-refractivity contribution in [2.24, 2.45) is 11.7 Å². The molecule has 1 saturated heterocycles. The number of rotatable bonds is 4. The highest BCUT2D eigenvalue weighted by Crippen LogP contribution is 2.00. The van der Waals surface area contributed by atoms with E-state index >= 15 is 0 Å². The smallest absolute Gasteiger partial charge is 0.326 e. The minimum atomic E-state index is -1.04. The summed E-state index contributed by atoms with van der Waals surface area (Å²) in [4.78, 5) is 21.3. The second kappa shape index (κ2) is 20.9. The third-order valence-corrected chi connectivity index (χ3v) is 3.67. The maximum Gasteiger partial charge on any atom is 0.326 e. The molecule has 1 heterocycles. The lowest BCUT2D eigenvalue weighted by atomic mass is 10.1. The van der Waals surface area contributed by atoms with Crippen molar-refractivity contribution in [3.05, 3.63) is 0 Å². The van der Waals surface area contributed by atoms with Crippen molar-refractivity contribution in [2.45, 2.75) is 19.9 Å². The summed E-state index contributed by atoms with van der Waals surface area (Å²) < 4.78 is 32.0. The van der Waals surface area contributed by atoms with Crippen molar-refractivity contribution in [3.8, 4) is 0 Å². The van der Waals surface area contributed by atoms with Gasteiger partial charge in [0.2, 0.25) is 5.91 Å². The standard InChI is InChI=1S/C12H24O6.C7H14N2O3/c1-2-14-5-6-16-9-10-18-12-11-17-8-7-15-4-3-13-1;1-4(2)6(7(11)12)9-5(10)3-8/h1-12H2;4,6H,3,8H2,1-2H3,(H,9,10)(H,11,12)/t;6-/m.0/s1. The van der Waals surface area contributed by atoms with Gasteiger partial charge in [-0.1, -0.05) is 13.8 Å².